The quantitative estimate of drug-likeness (QED) is 0.908. The van der Waals surface area contributed by atoms with Crippen LogP contribution in [0.2, 0.25) is 5.02 Å². The Kier molecular flexibility index (Phi) is 3.32. The predicted molar refractivity (Wildman–Crippen MR) is 69.6 cm³/mol. The molecule has 0 amide bonds. The van der Waals surface area contributed by atoms with Gasteiger partial charge in [-0.25, -0.2) is 14.4 Å². The number of hydrogen-bond acceptors (Lipinski definition) is 3. The summed E-state index contributed by atoms with van der Waals surface area (Å²) in [5, 5.41) is 0.0691. The summed E-state index contributed by atoms with van der Waals surface area (Å²) in [4.78, 5) is 8.50. The molecule has 0 aliphatic rings. The largest absolute Gasteiger partial charge is 0.319 e. The van der Waals surface area contributed by atoms with Crippen LogP contribution in [0.4, 0.5) is 4.39 Å². The van der Waals surface area contributed by atoms with E-state index >= 15 is 0 Å². The molecule has 1 aromatic carbocycles. The zero-order chi connectivity index (χ0) is 13.3. The molecular weight excluding hydrogens is 253 g/mol. The van der Waals surface area contributed by atoms with Crippen molar-refractivity contribution in [2.75, 3.05) is 0 Å². The number of nitrogens with zero attached hydrogens (tertiary/aromatic N) is 2. The van der Waals surface area contributed by atoms with Gasteiger partial charge in [0.25, 0.3) is 0 Å². The van der Waals surface area contributed by atoms with Crippen LogP contribution in [0, 0.1) is 5.82 Å². The van der Waals surface area contributed by atoms with E-state index in [4.69, 9.17) is 17.3 Å². The highest BCUT2D eigenvalue weighted by Gasteiger charge is 2.18. The van der Waals surface area contributed by atoms with Gasteiger partial charge in [-0.3, -0.25) is 0 Å². The van der Waals surface area contributed by atoms with Gasteiger partial charge in [-0.05, 0) is 38.1 Å². The third-order valence-electron chi connectivity index (χ3n) is 2.45. The van der Waals surface area contributed by atoms with Crippen molar-refractivity contribution in [3.63, 3.8) is 0 Å². The number of halogens is 2. The predicted octanol–water partition coefficient (Wildman–Crippen LogP) is 3.13. The van der Waals surface area contributed by atoms with Crippen molar-refractivity contribution in [3.8, 4) is 11.3 Å². The fourth-order valence-electron chi connectivity index (χ4n) is 1.49. The van der Waals surface area contributed by atoms with E-state index in [1.54, 1.807) is 18.3 Å². The van der Waals surface area contributed by atoms with Gasteiger partial charge in [0.2, 0.25) is 0 Å². The highest BCUT2D eigenvalue weighted by molar-refractivity contribution is 6.31. The first-order valence-corrected chi connectivity index (χ1v) is 5.83. The Morgan fingerprint density at radius 1 is 1.28 bits per heavy atom. The summed E-state index contributed by atoms with van der Waals surface area (Å²) < 4.78 is 13.1. The van der Waals surface area contributed by atoms with Crippen LogP contribution >= 0.6 is 11.6 Å². The van der Waals surface area contributed by atoms with E-state index in [9.17, 15) is 4.39 Å². The van der Waals surface area contributed by atoms with Gasteiger partial charge >= 0.3 is 0 Å². The number of hydrogen-bond donors (Lipinski definition) is 1. The summed E-state index contributed by atoms with van der Waals surface area (Å²) in [7, 11) is 0. The van der Waals surface area contributed by atoms with Crippen LogP contribution < -0.4 is 5.73 Å². The van der Waals surface area contributed by atoms with Gasteiger partial charge in [-0.1, -0.05) is 11.6 Å². The fourth-order valence-corrected chi connectivity index (χ4v) is 1.67. The molecule has 0 fully saturated rings. The Labute approximate surface area is 110 Å². The summed E-state index contributed by atoms with van der Waals surface area (Å²) >= 11 is 5.75. The number of rotatable bonds is 2. The van der Waals surface area contributed by atoms with Crippen LogP contribution in [0.25, 0.3) is 11.3 Å². The molecule has 0 bridgehead atoms. The van der Waals surface area contributed by atoms with Crippen LogP contribution in [-0.4, -0.2) is 9.97 Å². The molecule has 0 saturated heterocycles. The Hall–Kier alpha value is -1.52. The zero-order valence-electron chi connectivity index (χ0n) is 10.1. The summed E-state index contributed by atoms with van der Waals surface area (Å²) in [6.45, 7) is 3.65. The lowest BCUT2D eigenvalue weighted by atomic mass is 10.1. The molecule has 0 saturated carbocycles. The maximum Gasteiger partial charge on any atom is 0.148 e. The first-order chi connectivity index (χ1) is 8.38. The molecule has 0 spiro atoms. The van der Waals surface area contributed by atoms with Gasteiger partial charge < -0.3 is 5.73 Å². The monoisotopic (exact) mass is 265 g/mol. The number of aromatic nitrogens is 2. The topological polar surface area (TPSA) is 51.8 Å². The van der Waals surface area contributed by atoms with Gasteiger partial charge in [0.1, 0.15) is 11.6 Å². The van der Waals surface area contributed by atoms with Crippen molar-refractivity contribution in [2.45, 2.75) is 19.4 Å². The molecule has 2 rings (SSSR count). The Morgan fingerprint density at radius 3 is 2.61 bits per heavy atom. The first-order valence-electron chi connectivity index (χ1n) is 5.46. The molecule has 2 N–H and O–H groups in total. The van der Waals surface area contributed by atoms with Crippen LogP contribution in [0.1, 0.15) is 19.7 Å². The van der Waals surface area contributed by atoms with Gasteiger partial charge in [0.15, 0.2) is 0 Å². The molecule has 1 aromatic heterocycles. The van der Waals surface area contributed by atoms with E-state index in [1.165, 1.54) is 12.1 Å². The van der Waals surface area contributed by atoms with Gasteiger partial charge in [-0.15, -0.1) is 0 Å². The van der Waals surface area contributed by atoms with Crippen LogP contribution in [0.5, 0.6) is 0 Å². The van der Waals surface area contributed by atoms with Crippen molar-refractivity contribution in [2.24, 2.45) is 5.73 Å². The molecule has 3 nitrogen and oxygen atoms in total. The fraction of sp³-hybridized carbons (Fsp3) is 0.231. The molecule has 0 radical (unpaired) electrons. The van der Waals surface area contributed by atoms with Crippen molar-refractivity contribution in [1.82, 2.24) is 9.97 Å². The third-order valence-corrected chi connectivity index (χ3v) is 2.74. The number of nitrogens with two attached hydrogens (primary N) is 1. The van der Waals surface area contributed by atoms with E-state index in [0.29, 0.717) is 11.5 Å². The molecule has 1 heterocycles. The van der Waals surface area contributed by atoms with Gasteiger partial charge in [0, 0.05) is 11.8 Å². The second kappa shape index (κ2) is 4.63. The average molecular weight is 266 g/mol. The maximum absolute atomic E-state index is 13.1. The van der Waals surface area contributed by atoms with E-state index in [0.717, 1.165) is 5.56 Å². The van der Waals surface area contributed by atoms with E-state index in [2.05, 4.69) is 9.97 Å². The van der Waals surface area contributed by atoms with Crippen LogP contribution in [0.3, 0.4) is 0 Å². The highest BCUT2D eigenvalue weighted by Crippen LogP contribution is 2.24. The Balaban J connectivity index is 2.48. The van der Waals surface area contributed by atoms with E-state index in [1.807, 2.05) is 13.8 Å². The minimum Gasteiger partial charge on any atom is -0.319 e. The molecule has 5 heteroatoms. The molecule has 2 aromatic rings. The van der Waals surface area contributed by atoms with Gasteiger partial charge in [-0.2, -0.15) is 0 Å². The summed E-state index contributed by atoms with van der Waals surface area (Å²) in [6.07, 6.45) is 1.63. The molecule has 94 valence electrons. The van der Waals surface area contributed by atoms with Gasteiger partial charge in [0.05, 0.1) is 16.3 Å². The molecule has 0 atom stereocenters. The maximum atomic E-state index is 13.1. The van der Waals surface area contributed by atoms with Crippen molar-refractivity contribution >= 4 is 11.6 Å². The van der Waals surface area contributed by atoms with E-state index in [-0.39, 0.29) is 5.02 Å². The smallest absolute Gasteiger partial charge is 0.148 e. The molecular formula is C13H13ClFN3. The molecule has 18 heavy (non-hydrogen) atoms. The van der Waals surface area contributed by atoms with Crippen LogP contribution in [-0.2, 0) is 5.54 Å². The molecule has 0 aliphatic carbocycles. The normalized spacial score (nSPS) is 11.6. The summed E-state index contributed by atoms with van der Waals surface area (Å²) in [6, 6.07) is 6.20. The minimum absolute atomic E-state index is 0.0691. The number of benzene rings is 1. The minimum atomic E-state index is -0.625. The summed E-state index contributed by atoms with van der Waals surface area (Å²) in [5.74, 6) is 0.0781. The Morgan fingerprint density at radius 2 is 2.00 bits per heavy atom. The first kappa shape index (κ1) is 12.9. The van der Waals surface area contributed by atoms with Crippen molar-refractivity contribution < 1.29 is 4.39 Å². The molecule has 0 unspecified atom stereocenters. The lowest BCUT2D eigenvalue weighted by Gasteiger charge is -2.17. The molecule has 0 aliphatic heterocycles. The van der Waals surface area contributed by atoms with Crippen molar-refractivity contribution in [1.29, 1.82) is 0 Å². The van der Waals surface area contributed by atoms with Crippen LogP contribution in [0.15, 0.2) is 30.5 Å². The SMILES string of the molecule is CC(C)(N)c1nccc(-c2ccc(F)c(Cl)c2)n1. The summed E-state index contributed by atoms with van der Waals surface area (Å²) in [5.41, 5.74) is 6.72. The Bertz CT molecular complexity index is 579. The highest BCUT2D eigenvalue weighted by atomic mass is 35.5. The lowest BCUT2D eigenvalue weighted by molar-refractivity contribution is 0.514. The van der Waals surface area contributed by atoms with Crippen molar-refractivity contribution in [3.05, 3.63) is 47.1 Å². The second-order valence-corrected chi connectivity index (χ2v) is 5.02. The average Bonchev–Trinajstić information content (AvgIpc) is 2.32. The van der Waals surface area contributed by atoms with E-state index < -0.39 is 11.4 Å². The third kappa shape index (κ3) is 2.66. The second-order valence-electron chi connectivity index (χ2n) is 4.62. The lowest BCUT2D eigenvalue weighted by Crippen LogP contribution is -2.31. The zero-order valence-corrected chi connectivity index (χ0v) is 10.9. The standard InChI is InChI=1S/C13H13ClFN3/c1-13(2,16)12-17-6-5-11(18-12)8-3-4-10(15)9(14)7-8/h3-7H,16H2,1-2H3.